The molecule has 6 bridgehead atoms. The molecule has 52 heavy (non-hydrogen) atoms. The topological polar surface area (TPSA) is 186 Å². The third-order valence-corrected chi connectivity index (χ3v) is 12.2. The SMILES string of the molecule is C1CC2CCC1C2.CC(C)(C)OC(=O)C1CC2CCC1C2.O=C(O)C1C2CCC(C2)C1C(O)(OCCCCO)OCCCCO.O=C1CCC(=O)O1. The van der Waals surface area contributed by atoms with Gasteiger partial charge < -0.3 is 39.4 Å². The van der Waals surface area contributed by atoms with Crippen LogP contribution in [0, 0.1) is 53.3 Å². The summed E-state index contributed by atoms with van der Waals surface area (Å²) >= 11 is 0. The average molecular weight is 739 g/mol. The number of carbonyl (C=O) groups is 4. The molecule has 7 rings (SSSR count). The van der Waals surface area contributed by atoms with Gasteiger partial charge in [0.1, 0.15) is 5.60 Å². The van der Waals surface area contributed by atoms with Gasteiger partial charge in [0, 0.05) is 13.2 Å². The number of aliphatic hydroxyl groups is 3. The fourth-order valence-corrected chi connectivity index (χ4v) is 9.79. The molecule has 12 nitrogen and oxygen atoms in total. The highest BCUT2D eigenvalue weighted by Crippen LogP contribution is 2.56. The summed E-state index contributed by atoms with van der Waals surface area (Å²) in [6.07, 6.45) is 18.1. The third kappa shape index (κ3) is 12.5. The summed E-state index contributed by atoms with van der Waals surface area (Å²) in [5, 5.41) is 38.3. The summed E-state index contributed by atoms with van der Waals surface area (Å²) in [5.74, 6) is -0.601. The Labute approximate surface area is 309 Å². The molecule has 0 aromatic heterocycles. The number of ether oxygens (including phenoxy) is 4. The molecule has 7 unspecified atom stereocenters. The number of carbonyl (C=O) groups excluding carboxylic acids is 3. The van der Waals surface area contributed by atoms with Crippen LogP contribution in [0.3, 0.4) is 0 Å². The number of carboxylic acids is 1. The number of fused-ring (bicyclic) bond motifs is 6. The molecule has 1 aliphatic heterocycles. The van der Waals surface area contributed by atoms with Crippen LogP contribution in [-0.4, -0.2) is 82.3 Å². The first-order valence-corrected chi connectivity index (χ1v) is 20.1. The molecule has 7 aliphatic rings. The van der Waals surface area contributed by atoms with E-state index in [1.165, 1.54) is 31.1 Å². The molecule has 7 atom stereocenters. The number of esters is 3. The number of aliphatic carboxylic acids is 1. The number of unbranched alkanes of at least 4 members (excludes halogenated alkanes) is 2. The van der Waals surface area contributed by atoms with Gasteiger partial charge in [-0.1, -0.05) is 32.1 Å². The van der Waals surface area contributed by atoms with Crippen LogP contribution in [0.15, 0.2) is 0 Å². The van der Waals surface area contributed by atoms with Gasteiger partial charge in [0.15, 0.2) is 0 Å². The highest BCUT2D eigenvalue weighted by atomic mass is 16.8. The lowest BCUT2D eigenvalue weighted by Gasteiger charge is -2.40. The van der Waals surface area contributed by atoms with Crippen molar-refractivity contribution in [1.29, 1.82) is 0 Å². The second-order valence-corrected chi connectivity index (χ2v) is 17.2. The molecule has 0 amide bonds. The Morgan fingerprint density at radius 1 is 0.692 bits per heavy atom. The van der Waals surface area contributed by atoms with Gasteiger partial charge >= 0.3 is 23.9 Å². The Morgan fingerprint density at radius 3 is 1.60 bits per heavy atom. The number of aliphatic hydroxyl groups excluding tert-OH is 2. The molecule has 6 saturated carbocycles. The monoisotopic (exact) mass is 738 g/mol. The van der Waals surface area contributed by atoms with Crippen LogP contribution in [0.2, 0.25) is 0 Å². The Morgan fingerprint density at radius 2 is 1.21 bits per heavy atom. The highest BCUT2D eigenvalue weighted by Gasteiger charge is 2.60. The molecule has 12 heteroatoms. The fraction of sp³-hybridized carbons (Fsp3) is 0.900. The van der Waals surface area contributed by atoms with E-state index in [9.17, 15) is 29.4 Å². The standard InChI is InChI=1S/C17H30O7.C12H20O2.C7H12.C4H4O3/c18-7-1-3-9-23-17(22,24-10-4-2-8-19)15-13-6-5-12(11-13)14(15)16(20)21;1-12(2,3)14-11(13)10-7-8-4-5-9(10)6-8;1-2-7-4-3-6(1)5-7;5-3-1-2-4(6)7-3/h12-15,18-19,22H,1-11H2,(H,20,21);8-10H,4-7H2,1-3H3;6-7H,1-5H2;1-2H2. The molecule has 0 aromatic rings. The van der Waals surface area contributed by atoms with Crippen molar-refractivity contribution in [2.45, 2.75) is 148 Å². The minimum Gasteiger partial charge on any atom is -0.481 e. The molecule has 298 valence electrons. The van der Waals surface area contributed by atoms with Crippen LogP contribution in [0.4, 0.5) is 0 Å². The van der Waals surface area contributed by atoms with Gasteiger partial charge in [-0.15, -0.1) is 0 Å². The lowest BCUT2D eigenvalue weighted by molar-refractivity contribution is -0.397. The molecule has 4 N–H and O–H groups in total. The third-order valence-electron chi connectivity index (χ3n) is 12.2. The van der Waals surface area contributed by atoms with E-state index in [1.54, 1.807) is 32.1 Å². The van der Waals surface area contributed by atoms with Crippen LogP contribution in [0.1, 0.15) is 136 Å². The van der Waals surface area contributed by atoms with Crippen molar-refractivity contribution in [3.05, 3.63) is 0 Å². The number of hydrogen-bond acceptors (Lipinski definition) is 11. The van der Waals surface area contributed by atoms with Crippen molar-refractivity contribution in [1.82, 2.24) is 0 Å². The smallest absolute Gasteiger partial charge is 0.314 e. The summed E-state index contributed by atoms with van der Waals surface area (Å²) in [6.45, 7) is 6.33. The number of rotatable bonds is 13. The Kier molecular flexibility index (Phi) is 16.4. The minimum absolute atomic E-state index is 0.0460. The van der Waals surface area contributed by atoms with Gasteiger partial charge in [-0.25, -0.2) is 0 Å². The highest BCUT2D eigenvalue weighted by molar-refractivity contribution is 5.92. The minimum atomic E-state index is -1.91. The zero-order chi connectivity index (χ0) is 37.9. The summed E-state index contributed by atoms with van der Waals surface area (Å²) in [7, 11) is 0. The first-order chi connectivity index (χ1) is 24.7. The largest absolute Gasteiger partial charge is 0.481 e. The van der Waals surface area contributed by atoms with E-state index in [1.807, 2.05) is 20.8 Å². The second kappa shape index (κ2) is 20.0. The normalized spacial score (nSPS) is 32.4. The van der Waals surface area contributed by atoms with Crippen molar-refractivity contribution in [3.63, 3.8) is 0 Å². The van der Waals surface area contributed by atoms with Gasteiger partial charge in [-0.3, -0.25) is 19.2 Å². The first kappa shape index (κ1) is 42.6. The molecular weight excluding hydrogens is 672 g/mol. The van der Waals surface area contributed by atoms with Crippen LogP contribution in [0.25, 0.3) is 0 Å². The summed E-state index contributed by atoms with van der Waals surface area (Å²) < 4.78 is 20.8. The van der Waals surface area contributed by atoms with E-state index in [2.05, 4.69) is 4.74 Å². The zero-order valence-electron chi connectivity index (χ0n) is 31.8. The van der Waals surface area contributed by atoms with Gasteiger partial charge in [0.05, 0.1) is 43.8 Å². The molecule has 0 spiro atoms. The predicted molar refractivity (Wildman–Crippen MR) is 190 cm³/mol. The van der Waals surface area contributed by atoms with Crippen molar-refractivity contribution >= 4 is 23.9 Å². The summed E-state index contributed by atoms with van der Waals surface area (Å²) in [4.78, 5) is 43.6. The maximum absolute atomic E-state index is 11.8. The summed E-state index contributed by atoms with van der Waals surface area (Å²) in [6, 6.07) is 0. The molecule has 7 fully saturated rings. The van der Waals surface area contributed by atoms with Crippen LogP contribution < -0.4 is 0 Å². The van der Waals surface area contributed by atoms with Crippen molar-refractivity contribution in [3.8, 4) is 0 Å². The van der Waals surface area contributed by atoms with Crippen molar-refractivity contribution < 1.29 is 58.6 Å². The van der Waals surface area contributed by atoms with Gasteiger partial charge in [0.25, 0.3) is 5.97 Å². The van der Waals surface area contributed by atoms with Gasteiger partial charge in [0.2, 0.25) is 0 Å². The van der Waals surface area contributed by atoms with Crippen molar-refractivity contribution in [2.24, 2.45) is 53.3 Å². The lowest BCUT2D eigenvalue weighted by atomic mass is 9.77. The quantitative estimate of drug-likeness (QED) is 0.0775. The van der Waals surface area contributed by atoms with Gasteiger partial charge in [-0.2, -0.15) is 0 Å². The number of hydrogen-bond donors (Lipinski definition) is 4. The van der Waals surface area contributed by atoms with E-state index in [-0.39, 0.29) is 68.6 Å². The van der Waals surface area contributed by atoms with Gasteiger partial charge in [-0.05, 0) is 127 Å². The first-order valence-electron chi connectivity index (χ1n) is 20.1. The molecule has 6 aliphatic carbocycles. The van der Waals surface area contributed by atoms with E-state index in [0.717, 1.165) is 31.6 Å². The van der Waals surface area contributed by atoms with Crippen LogP contribution in [0.5, 0.6) is 0 Å². The van der Waals surface area contributed by atoms with E-state index < -0.39 is 35.7 Å². The maximum Gasteiger partial charge on any atom is 0.314 e. The number of cyclic esters (lactones) is 2. The number of carboxylic acid groups (broad SMARTS) is 1. The molecule has 1 heterocycles. The molecule has 1 saturated heterocycles. The zero-order valence-corrected chi connectivity index (χ0v) is 31.8. The summed E-state index contributed by atoms with van der Waals surface area (Å²) in [5.41, 5.74) is -0.321. The van der Waals surface area contributed by atoms with E-state index in [4.69, 9.17) is 24.4 Å². The Hall–Kier alpha value is -2.12. The van der Waals surface area contributed by atoms with E-state index >= 15 is 0 Å². The van der Waals surface area contributed by atoms with E-state index in [0.29, 0.717) is 31.6 Å². The second-order valence-electron chi connectivity index (χ2n) is 17.2. The lowest BCUT2D eigenvalue weighted by Crippen LogP contribution is -2.51. The molecule has 0 radical (unpaired) electrons. The predicted octanol–water partition coefficient (Wildman–Crippen LogP) is 5.77. The van der Waals surface area contributed by atoms with Crippen LogP contribution in [-0.2, 0) is 38.1 Å². The molecular formula is C40H66O12. The molecule has 0 aromatic carbocycles. The Balaban J connectivity index is 0.000000178. The maximum atomic E-state index is 11.8. The average Bonchev–Trinajstić information content (AvgIpc) is 3.96. The Bertz CT molecular complexity index is 1120. The fourth-order valence-electron chi connectivity index (χ4n) is 9.79. The van der Waals surface area contributed by atoms with Crippen LogP contribution >= 0.6 is 0 Å². The van der Waals surface area contributed by atoms with Crippen molar-refractivity contribution in [2.75, 3.05) is 26.4 Å².